The van der Waals surface area contributed by atoms with E-state index in [4.69, 9.17) is 25.8 Å². The average molecular weight is 606 g/mol. The van der Waals surface area contributed by atoms with Crippen LogP contribution in [0, 0.1) is 0 Å². The summed E-state index contributed by atoms with van der Waals surface area (Å²) in [5, 5.41) is 15.4. The molecular formula is C30H36ClN9O3. The van der Waals surface area contributed by atoms with Crippen molar-refractivity contribution in [1.82, 2.24) is 35.1 Å². The lowest BCUT2D eigenvalue weighted by Gasteiger charge is -2.40. The van der Waals surface area contributed by atoms with Crippen LogP contribution in [-0.2, 0) is 11.3 Å². The average Bonchev–Trinajstić information content (AvgIpc) is 3.56. The number of methoxy groups -OCH3 is 1. The van der Waals surface area contributed by atoms with E-state index in [1.165, 1.54) is 11.1 Å². The Bertz CT molecular complexity index is 1470. The Morgan fingerprint density at radius 1 is 1.00 bits per heavy atom. The van der Waals surface area contributed by atoms with E-state index in [1.807, 2.05) is 25.1 Å². The fraction of sp³-hybridized carbons (Fsp3) is 0.433. The van der Waals surface area contributed by atoms with E-state index >= 15 is 0 Å². The summed E-state index contributed by atoms with van der Waals surface area (Å²) >= 11 is 6.42. The molecule has 0 spiro atoms. The molecular weight excluding hydrogens is 570 g/mol. The number of hydrogen-bond donors (Lipinski definition) is 1. The molecule has 2 aromatic heterocycles. The highest BCUT2D eigenvalue weighted by Crippen LogP contribution is 2.34. The maximum Gasteiger partial charge on any atom is 0.227 e. The van der Waals surface area contributed by atoms with E-state index in [-0.39, 0.29) is 6.10 Å². The summed E-state index contributed by atoms with van der Waals surface area (Å²) < 4.78 is 17.3. The molecule has 12 nitrogen and oxygen atoms in total. The van der Waals surface area contributed by atoms with Gasteiger partial charge in [-0.15, -0.1) is 10.2 Å². The van der Waals surface area contributed by atoms with Gasteiger partial charge in [0.15, 0.2) is 6.33 Å². The number of rotatable bonds is 10. The van der Waals surface area contributed by atoms with Crippen LogP contribution in [0.3, 0.4) is 0 Å². The van der Waals surface area contributed by atoms with Crippen LogP contribution in [0.5, 0.6) is 11.5 Å². The highest BCUT2D eigenvalue weighted by molar-refractivity contribution is 6.32. The smallest absolute Gasteiger partial charge is 0.227 e. The molecule has 2 saturated heterocycles. The quantitative estimate of drug-likeness (QED) is 0.279. The van der Waals surface area contributed by atoms with Gasteiger partial charge in [-0.3, -0.25) is 4.90 Å². The van der Waals surface area contributed by atoms with Gasteiger partial charge >= 0.3 is 0 Å². The third-order valence-electron chi connectivity index (χ3n) is 7.88. The van der Waals surface area contributed by atoms with Crippen molar-refractivity contribution < 1.29 is 14.2 Å². The molecule has 0 bridgehead atoms. The van der Waals surface area contributed by atoms with Crippen molar-refractivity contribution in [3.8, 4) is 22.6 Å². The molecule has 2 fully saturated rings. The van der Waals surface area contributed by atoms with Crippen LogP contribution in [-0.4, -0.2) is 93.7 Å². The highest BCUT2D eigenvalue weighted by atomic mass is 35.5. The lowest BCUT2D eigenvalue weighted by Crippen LogP contribution is -2.49. The van der Waals surface area contributed by atoms with Gasteiger partial charge in [0, 0.05) is 61.9 Å². The van der Waals surface area contributed by atoms with Crippen LogP contribution in [0.4, 0.5) is 17.3 Å². The molecule has 2 aromatic carbocycles. The number of halogens is 1. The minimum Gasteiger partial charge on any atom is -0.494 e. The van der Waals surface area contributed by atoms with Crippen LogP contribution in [0.2, 0.25) is 5.02 Å². The molecule has 4 aromatic rings. The van der Waals surface area contributed by atoms with Crippen molar-refractivity contribution in [3.63, 3.8) is 0 Å². The largest absolute Gasteiger partial charge is 0.494 e. The topological polar surface area (TPSA) is 116 Å². The maximum atomic E-state index is 6.42. The molecule has 0 amide bonds. The van der Waals surface area contributed by atoms with Gasteiger partial charge in [-0.25, -0.2) is 9.97 Å². The molecule has 6 rings (SSSR count). The third kappa shape index (κ3) is 7.15. The molecule has 43 heavy (non-hydrogen) atoms. The molecule has 2 aliphatic rings. The van der Waals surface area contributed by atoms with Gasteiger partial charge in [0.1, 0.15) is 17.6 Å². The minimum absolute atomic E-state index is 0.215. The standard InChI is InChI=1S/C30H36ClN9O3/c1-21(19-40-35-20-34-37-40)43-28-15-22(3-5-26(28)31)23-17-32-30(33-18-23)36-27-6-4-25(16-29(27)41-2)38-9-7-24(8-10-38)39-11-13-42-14-12-39/h3-6,15-18,20-21,24H,7-14,19H2,1-2H3,(H,32,33,36). The molecule has 1 unspecified atom stereocenters. The van der Waals surface area contributed by atoms with Crippen molar-refractivity contribution in [2.24, 2.45) is 0 Å². The second kappa shape index (κ2) is 13.5. The van der Waals surface area contributed by atoms with Crippen molar-refractivity contribution in [2.45, 2.75) is 38.5 Å². The van der Waals surface area contributed by atoms with E-state index in [0.717, 1.165) is 80.5 Å². The fourth-order valence-electron chi connectivity index (χ4n) is 5.60. The zero-order chi connectivity index (χ0) is 29.6. The van der Waals surface area contributed by atoms with Gasteiger partial charge in [-0.05, 0) is 54.8 Å². The number of piperidine rings is 1. The molecule has 1 N–H and O–H groups in total. The number of nitrogens with zero attached hydrogens (tertiary/aromatic N) is 8. The first-order valence-electron chi connectivity index (χ1n) is 14.6. The molecule has 2 aliphatic heterocycles. The molecule has 0 saturated carbocycles. The first-order valence-corrected chi connectivity index (χ1v) is 14.9. The van der Waals surface area contributed by atoms with Gasteiger partial charge < -0.3 is 24.4 Å². The third-order valence-corrected chi connectivity index (χ3v) is 8.19. The maximum absolute atomic E-state index is 6.42. The summed E-state index contributed by atoms with van der Waals surface area (Å²) in [5.74, 6) is 1.78. The Labute approximate surface area is 255 Å². The van der Waals surface area contributed by atoms with E-state index in [0.29, 0.717) is 29.3 Å². The SMILES string of the molecule is COc1cc(N2CCC(N3CCOCC3)CC2)ccc1Nc1ncc(-c2ccc(Cl)c(OC(C)Cn3ncnn3)c2)cn1. The summed E-state index contributed by atoms with van der Waals surface area (Å²) in [6.07, 6.45) is 7.02. The zero-order valence-corrected chi connectivity index (χ0v) is 25.2. The Hall–Kier alpha value is -4.00. The number of hydrogen-bond acceptors (Lipinski definition) is 11. The molecule has 0 aliphatic carbocycles. The van der Waals surface area contributed by atoms with Crippen molar-refractivity contribution in [1.29, 1.82) is 0 Å². The Kier molecular flexibility index (Phi) is 9.16. The number of benzene rings is 2. The van der Waals surface area contributed by atoms with Crippen molar-refractivity contribution >= 4 is 28.9 Å². The fourth-order valence-corrected chi connectivity index (χ4v) is 5.77. The molecule has 13 heteroatoms. The van der Waals surface area contributed by atoms with E-state index in [2.05, 4.69) is 52.6 Å². The molecule has 4 heterocycles. The molecule has 226 valence electrons. The van der Waals surface area contributed by atoms with Crippen molar-refractivity contribution in [2.75, 3.05) is 56.7 Å². The lowest BCUT2D eigenvalue weighted by atomic mass is 10.0. The van der Waals surface area contributed by atoms with Gasteiger partial charge in [0.25, 0.3) is 0 Å². The van der Waals surface area contributed by atoms with Crippen LogP contribution < -0.4 is 19.7 Å². The number of anilines is 3. The van der Waals surface area contributed by atoms with Gasteiger partial charge in [0.05, 0.1) is 37.6 Å². The minimum atomic E-state index is -0.215. The van der Waals surface area contributed by atoms with Gasteiger partial charge in [0.2, 0.25) is 5.95 Å². The first-order chi connectivity index (χ1) is 21.1. The summed E-state index contributed by atoms with van der Waals surface area (Å²) in [7, 11) is 1.68. The Morgan fingerprint density at radius 2 is 1.79 bits per heavy atom. The highest BCUT2D eigenvalue weighted by Gasteiger charge is 2.26. The summed E-state index contributed by atoms with van der Waals surface area (Å²) in [6, 6.07) is 12.5. The van der Waals surface area contributed by atoms with Gasteiger partial charge in [-0.2, -0.15) is 4.80 Å². The van der Waals surface area contributed by atoms with Crippen LogP contribution in [0.25, 0.3) is 11.1 Å². The second-order valence-electron chi connectivity index (χ2n) is 10.7. The monoisotopic (exact) mass is 605 g/mol. The van der Waals surface area contributed by atoms with E-state index in [1.54, 1.807) is 25.6 Å². The predicted molar refractivity (Wildman–Crippen MR) is 164 cm³/mol. The van der Waals surface area contributed by atoms with Crippen molar-refractivity contribution in [3.05, 3.63) is 60.1 Å². The summed E-state index contributed by atoms with van der Waals surface area (Å²) in [6.45, 7) is 8.20. The number of morpholine rings is 1. The number of aromatic nitrogens is 6. The van der Waals surface area contributed by atoms with E-state index < -0.39 is 0 Å². The molecule has 0 radical (unpaired) electrons. The van der Waals surface area contributed by atoms with Crippen LogP contribution >= 0.6 is 11.6 Å². The van der Waals surface area contributed by atoms with Crippen LogP contribution in [0.1, 0.15) is 19.8 Å². The Morgan fingerprint density at radius 3 is 2.51 bits per heavy atom. The summed E-state index contributed by atoms with van der Waals surface area (Å²) in [5.41, 5.74) is 3.68. The number of nitrogens with one attached hydrogen (secondary N) is 1. The first kappa shape index (κ1) is 29.1. The zero-order valence-electron chi connectivity index (χ0n) is 24.4. The Balaban J connectivity index is 1.08. The normalized spacial score (nSPS) is 17.0. The number of tetrazole rings is 1. The second-order valence-corrected chi connectivity index (χ2v) is 11.1. The summed E-state index contributed by atoms with van der Waals surface area (Å²) in [4.78, 5) is 15.6. The molecule has 1 atom stereocenters. The van der Waals surface area contributed by atoms with Crippen LogP contribution in [0.15, 0.2) is 55.1 Å². The number of ether oxygens (including phenoxy) is 3. The predicted octanol–water partition coefficient (Wildman–Crippen LogP) is 4.30. The van der Waals surface area contributed by atoms with E-state index in [9.17, 15) is 0 Å². The van der Waals surface area contributed by atoms with Gasteiger partial charge in [-0.1, -0.05) is 17.7 Å². The lowest BCUT2D eigenvalue weighted by molar-refractivity contribution is 0.0115.